The number of thiazole rings is 1. The Morgan fingerprint density at radius 2 is 2.64 bits per heavy atom. The zero-order valence-electron chi connectivity index (χ0n) is 8.14. The molecule has 2 heterocycles. The SMILES string of the molecule is COCC1CCN(c2nc(O)cs2)C1. The van der Waals surface area contributed by atoms with Crippen LogP contribution in [-0.2, 0) is 4.74 Å². The molecular weight excluding hydrogens is 200 g/mol. The lowest BCUT2D eigenvalue weighted by Crippen LogP contribution is -2.20. The number of nitrogens with zero attached hydrogens (tertiary/aromatic N) is 2. The second kappa shape index (κ2) is 4.14. The molecule has 2 rings (SSSR count). The van der Waals surface area contributed by atoms with Crippen LogP contribution in [0.4, 0.5) is 5.13 Å². The van der Waals surface area contributed by atoms with Crippen molar-refractivity contribution in [2.75, 3.05) is 31.7 Å². The summed E-state index contributed by atoms with van der Waals surface area (Å²) < 4.78 is 5.12. The average molecular weight is 214 g/mol. The van der Waals surface area contributed by atoms with Crippen LogP contribution in [0.3, 0.4) is 0 Å². The summed E-state index contributed by atoms with van der Waals surface area (Å²) in [6.07, 6.45) is 1.15. The second-order valence-corrected chi connectivity index (χ2v) is 4.38. The highest BCUT2D eigenvalue weighted by molar-refractivity contribution is 7.13. The van der Waals surface area contributed by atoms with Gasteiger partial charge in [0, 0.05) is 26.1 Å². The summed E-state index contributed by atoms with van der Waals surface area (Å²) in [5, 5.41) is 11.7. The maximum Gasteiger partial charge on any atom is 0.223 e. The van der Waals surface area contributed by atoms with Crippen molar-refractivity contribution in [1.29, 1.82) is 0 Å². The van der Waals surface area contributed by atoms with Gasteiger partial charge in [-0.1, -0.05) is 0 Å². The summed E-state index contributed by atoms with van der Waals surface area (Å²) in [4.78, 5) is 6.25. The van der Waals surface area contributed by atoms with E-state index in [1.54, 1.807) is 12.5 Å². The number of hydrogen-bond donors (Lipinski definition) is 1. The predicted molar refractivity (Wildman–Crippen MR) is 56.0 cm³/mol. The highest BCUT2D eigenvalue weighted by Gasteiger charge is 2.24. The second-order valence-electron chi connectivity index (χ2n) is 3.54. The molecule has 1 saturated heterocycles. The lowest BCUT2D eigenvalue weighted by Gasteiger charge is -2.14. The van der Waals surface area contributed by atoms with Crippen molar-refractivity contribution in [2.24, 2.45) is 5.92 Å². The number of ether oxygens (including phenoxy) is 1. The van der Waals surface area contributed by atoms with Gasteiger partial charge >= 0.3 is 0 Å². The molecule has 0 aromatic carbocycles. The Labute approximate surface area is 87.1 Å². The fourth-order valence-corrected chi connectivity index (χ4v) is 2.50. The summed E-state index contributed by atoms with van der Waals surface area (Å²) in [5.74, 6) is 0.728. The fourth-order valence-electron chi connectivity index (χ4n) is 1.78. The van der Waals surface area contributed by atoms with E-state index in [2.05, 4.69) is 9.88 Å². The van der Waals surface area contributed by atoms with E-state index in [-0.39, 0.29) is 5.88 Å². The van der Waals surface area contributed by atoms with Crippen LogP contribution in [0.1, 0.15) is 6.42 Å². The minimum atomic E-state index is 0.125. The predicted octanol–water partition coefficient (Wildman–Crippen LogP) is 1.32. The normalized spacial score (nSPS) is 21.8. The van der Waals surface area contributed by atoms with Crippen LogP contribution in [-0.4, -0.2) is 36.9 Å². The number of anilines is 1. The molecule has 1 aromatic rings. The summed E-state index contributed by atoms with van der Waals surface area (Å²) in [5.41, 5.74) is 0. The van der Waals surface area contributed by atoms with E-state index in [9.17, 15) is 0 Å². The van der Waals surface area contributed by atoms with Crippen molar-refractivity contribution in [3.05, 3.63) is 5.38 Å². The van der Waals surface area contributed by atoms with Crippen LogP contribution in [0.15, 0.2) is 5.38 Å². The molecule has 0 bridgehead atoms. The van der Waals surface area contributed by atoms with Crippen molar-refractivity contribution in [3.8, 4) is 5.88 Å². The highest BCUT2D eigenvalue weighted by Crippen LogP contribution is 2.28. The maximum atomic E-state index is 9.13. The molecule has 14 heavy (non-hydrogen) atoms. The molecule has 78 valence electrons. The number of hydrogen-bond acceptors (Lipinski definition) is 5. The maximum absolute atomic E-state index is 9.13. The third-order valence-corrected chi connectivity index (χ3v) is 3.33. The van der Waals surface area contributed by atoms with Gasteiger partial charge in [0.15, 0.2) is 5.13 Å². The molecule has 0 spiro atoms. The van der Waals surface area contributed by atoms with E-state index < -0.39 is 0 Å². The van der Waals surface area contributed by atoms with Crippen molar-refractivity contribution in [1.82, 2.24) is 4.98 Å². The molecule has 1 fully saturated rings. The first kappa shape index (κ1) is 9.73. The van der Waals surface area contributed by atoms with E-state index in [0.717, 1.165) is 31.2 Å². The van der Waals surface area contributed by atoms with Crippen LogP contribution >= 0.6 is 11.3 Å². The first-order chi connectivity index (χ1) is 6.79. The number of aromatic nitrogens is 1. The van der Waals surface area contributed by atoms with Gasteiger partial charge in [-0.05, 0) is 6.42 Å². The standard InChI is InChI=1S/C9H14N2O2S/c1-13-5-7-2-3-11(4-7)9-10-8(12)6-14-9/h6-7,12H,2-5H2,1H3. The topological polar surface area (TPSA) is 45.6 Å². The molecule has 4 nitrogen and oxygen atoms in total. The Kier molecular flexibility index (Phi) is 2.88. The van der Waals surface area contributed by atoms with Crippen LogP contribution in [0.25, 0.3) is 0 Å². The van der Waals surface area contributed by atoms with Crippen molar-refractivity contribution in [2.45, 2.75) is 6.42 Å². The van der Waals surface area contributed by atoms with Gasteiger partial charge in [0.2, 0.25) is 5.88 Å². The molecule has 1 aliphatic rings. The molecule has 1 unspecified atom stereocenters. The van der Waals surface area contributed by atoms with E-state index >= 15 is 0 Å². The van der Waals surface area contributed by atoms with Crippen molar-refractivity contribution >= 4 is 16.5 Å². The van der Waals surface area contributed by atoms with Gasteiger partial charge in [-0.15, -0.1) is 11.3 Å². The Morgan fingerprint density at radius 3 is 3.29 bits per heavy atom. The Morgan fingerprint density at radius 1 is 1.79 bits per heavy atom. The first-order valence-electron chi connectivity index (χ1n) is 4.68. The smallest absolute Gasteiger partial charge is 0.223 e. The fraction of sp³-hybridized carbons (Fsp3) is 0.667. The molecule has 1 aromatic heterocycles. The number of rotatable bonds is 3. The molecule has 1 aliphatic heterocycles. The number of methoxy groups -OCH3 is 1. The Bertz CT molecular complexity index is 303. The van der Waals surface area contributed by atoms with Gasteiger partial charge in [0.25, 0.3) is 0 Å². The first-order valence-corrected chi connectivity index (χ1v) is 5.56. The highest BCUT2D eigenvalue weighted by atomic mass is 32.1. The average Bonchev–Trinajstić information content (AvgIpc) is 2.74. The number of aromatic hydroxyl groups is 1. The third-order valence-electron chi connectivity index (χ3n) is 2.44. The Hall–Kier alpha value is -0.810. The van der Waals surface area contributed by atoms with E-state index in [1.165, 1.54) is 11.3 Å². The lowest BCUT2D eigenvalue weighted by atomic mass is 10.1. The molecule has 1 N–H and O–H groups in total. The lowest BCUT2D eigenvalue weighted by molar-refractivity contribution is 0.161. The zero-order chi connectivity index (χ0) is 9.97. The van der Waals surface area contributed by atoms with E-state index in [4.69, 9.17) is 9.84 Å². The van der Waals surface area contributed by atoms with Crippen LogP contribution in [0, 0.1) is 5.92 Å². The van der Waals surface area contributed by atoms with Gasteiger partial charge in [-0.2, -0.15) is 4.98 Å². The zero-order valence-corrected chi connectivity index (χ0v) is 8.96. The monoisotopic (exact) mass is 214 g/mol. The van der Waals surface area contributed by atoms with E-state index in [0.29, 0.717) is 5.92 Å². The molecule has 0 amide bonds. The minimum Gasteiger partial charge on any atom is -0.493 e. The summed E-state index contributed by atoms with van der Waals surface area (Å²) in [7, 11) is 1.73. The van der Waals surface area contributed by atoms with Crippen LogP contribution < -0.4 is 4.90 Å². The van der Waals surface area contributed by atoms with Gasteiger partial charge in [-0.3, -0.25) is 0 Å². The molecular formula is C9H14N2O2S. The third kappa shape index (κ3) is 1.99. The van der Waals surface area contributed by atoms with Gasteiger partial charge in [-0.25, -0.2) is 0 Å². The van der Waals surface area contributed by atoms with E-state index in [1.807, 2.05) is 0 Å². The molecule has 0 saturated carbocycles. The largest absolute Gasteiger partial charge is 0.493 e. The van der Waals surface area contributed by atoms with Crippen molar-refractivity contribution in [3.63, 3.8) is 0 Å². The van der Waals surface area contributed by atoms with Gasteiger partial charge in [0.05, 0.1) is 12.0 Å². The summed E-state index contributed by atoms with van der Waals surface area (Å²) in [6.45, 7) is 2.82. The molecule has 0 aliphatic carbocycles. The van der Waals surface area contributed by atoms with Crippen molar-refractivity contribution < 1.29 is 9.84 Å². The van der Waals surface area contributed by atoms with Crippen LogP contribution in [0.2, 0.25) is 0 Å². The molecule has 5 heteroatoms. The molecule has 1 atom stereocenters. The van der Waals surface area contributed by atoms with Gasteiger partial charge < -0.3 is 14.7 Å². The van der Waals surface area contributed by atoms with Crippen LogP contribution in [0.5, 0.6) is 5.88 Å². The quantitative estimate of drug-likeness (QED) is 0.824. The minimum absolute atomic E-state index is 0.125. The summed E-state index contributed by atoms with van der Waals surface area (Å²) in [6, 6.07) is 0. The molecule has 0 radical (unpaired) electrons. The Balaban J connectivity index is 1.95. The summed E-state index contributed by atoms with van der Waals surface area (Å²) >= 11 is 1.49. The van der Waals surface area contributed by atoms with Gasteiger partial charge in [0.1, 0.15) is 0 Å².